The van der Waals surface area contributed by atoms with Gasteiger partial charge in [0.1, 0.15) is 0 Å². The lowest BCUT2D eigenvalue weighted by atomic mass is 10.0. The van der Waals surface area contributed by atoms with Gasteiger partial charge in [-0.05, 0) is 43.0 Å². The molecule has 14 heavy (non-hydrogen) atoms. The van der Waals surface area contributed by atoms with Gasteiger partial charge in [0.25, 0.3) is 0 Å². The molecule has 0 amide bonds. The Balaban J connectivity index is 2.66. The Hall–Kier alpha value is -0.530. The van der Waals surface area contributed by atoms with Gasteiger partial charge in [0.15, 0.2) is 0 Å². The van der Waals surface area contributed by atoms with Crippen molar-refractivity contribution in [1.82, 2.24) is 0 Å². The van der Waals surface area contributed by atoms with E-state index in [4.69, 9.17) is 11.6 Å². The average molecular weight is 213 g/mol. The minimum absolute atomic E-state index is 0.238. The Morgan fingerprint density at radius 1 is 1.36 bits per heavy atom. The van der Waals surface area contributed by atoms with E-state index in [-0.39, 0.29) is 6.10 Å². The molecule has 0 saturated heterocycles. The first-order valence-electron chi connectivity index (χ1n) is 5.06. The van der Waals surface area contributed by atoms with E-state index in [1.807, 2.05) is 19.1 Å². The number of halogens is 1. The van der Waals surface area contributed by atoms with Crippen LogP contribution < -0.4 is 0 Å². The van der Waals surface area contributed by atoms with E-state index >= 15 is 0 Å². The quantitative estimate of drug-likeness (QED) is 0.812. The number of aliphatic hydroxyl groups excluding tert-OH is 1. The maximum absolute atomic E-state index is 9.64. The summed E-state index contributed by atoms with van der Waals surface area (Å²) in [5.74, 6) is 0. The fourth-order valence-electron chi connectivity index (χ4n) is 1.64. The molecule has 2 heteroatoms. The Bertz CT molecular complexity index is 276. The van der Waals surface area contributed by atoms with Crippen LogP contribution in [0, 0.1) is 6.92 Å². The topological polar surface area (TPSA) is 20.2 Å². The lowest BCUT2D eigenvalue weighted by Crippen LogP contribution is -2.09. The van der Waals surface area contributed by atoms with E-state index in [1.165, 1.54) is 0 Å². The molecule has 0 heterocycles. The Morgan fingerprint density at radius 3 is 2.64 bits per heavy atom. The molecule has 78 valence electrons. The van der Waals surface area contributed by atoms with Crippen LogP contribution in [0.2, 0.25) is 5.02 Å². The molecule has 0 aliphatic heterocycles. The summed E-state index contributed by atoms with van der Waals surface area (Å²) in [5.41, 5.74) is 2.27. The van der Waals surface area contributed by atoms with Gasteiger partial charge in [0, 0.05) is 5.02 Å². The first-order valence-corrected chi connectivity index (χ1v) is 5.43. The number of benzene rings is 1. The Morgan fingerprint density at radius 2 is 2.07 bits per heavy atom. The number of hydrogen-bond acceptors (Lipinski definition) is 1. The van der Waals surface area contributed by atoms with Crippen molar-refractivity contribution in [2.45, 2.75) is 39.2 Å². The summed E-state index contributed by atoms with van der Waals surface area (Å²) < 4.78 is 0. The van der Waals surface area contributed by atoms with Crippen molar-refractivity contribution < 1.29 is 5.11 Å². The third kappa shape index (κ3) is 3.69. The third-order valence-corrected chi connectivity index (χ3v) is 2.41. The van der Waals surface area contributed by atoms with Gasteiger partial charge in [-0.25, -0.2) is 0 Å². The monoisotopic (exact) mass is 212 g/mol. The van der Waals surface area contributed by atoms with E-state index in [2.05, 4.69) is 13.0 Å². The van der Waals surface area contributed by atoms with Crippen LogP contribution >= 0.6 is 11.6 Å². The molecule has 0 fully saturated rings. The first kappa shape index (κ1) is 11.5. The molecular formula is C12H17ClO. The van der Waals surface area contributed by atoms with Crippen LogP contribution in [-0.4, -0.2) is 11.2 Å². The summed E-state index contributed by atoms with van der Waals surface area (Å²) in [4.78, 5) is 0. The van der Waals surface area contributed by atoms with Gasteiger partial charge < -0.3 is 5.11 Å². The van der Waals surface area contributed by atoms with Gasteiger partial charge in [-0.3, -0.25) is 0 Å². The minimum atomic E-state index is -0.238. The molecular weight excluding hydrogens is 196 g/mol. The first-order chi connectivity index (χ1) is 6.61. The summed E-state index contributed by atoms with van der Waals surface area (Å²) in [6.45, 7) is 4.09. The van der Waals surface area contributed by atoms with Gasteiger partial charge in [-0.1, -0.05) is 31.0 Å². The highest BCUT2D eigenvalue weighted by Crippen LogP contribution is 2.16. The van der Waals surface area contributed by atoms with Crippen molar-refractivity contribution in [2.75, 3.05) is 0 Å². The second kappa shape index (κ2) is 5.38. The molecule has 1 unspecified atom stereocenters. The molecule has 1 aromatic carbocycles. The number of aliphatic hydroxyl groups is 1. The van der Waals surface area contributed by atoms with E-state index in [9.17, 15) is 5.11 Å². The summed E-state index contributed by atoms with van der Waals surface area (Å²) >= 11 is 5.93. The fourth-order valence-corrected chi connectivity index (χ4v) is 1.95. The maximum Gasteiger partial charge on any atom is 0.0580 e. The molecule has 1 rings (SSSR count). The second-order valence-corrected chi connectivity index (χ2v) is 4.22. The Kier molecular flexibility index (Phi) is 4.43. The van der Waals surface area contributed by atoms with E-state index < -0.39 is 0 Å². The minimum Gasteiger partial charge on any atom is -0.393 e. The molecule has 1 aromatic rings. The summed E-state index contributed by atoms with van der Waals surface area (Å²) in [7, 11) is 0. The van der Waals surface area contributed by atoms with Crippen LogP contribution in [0.25, 0.3) is 0 Å². The largest absolute Gasteiger partial charge is 0.393 e. The van der Waals surface area contributed by atoms with Gasteiger partial charge in [-0.2, -0.15) is 0 Å². The fraction of sp³-hybridized carbons (Fsp3) is 0.500. The zero-order valence-electron chi connectivity index (χ0n) is 8.76. The Labute approximate surface area is 90.7 Å². The second-order valence-electron chi connectivity index (χ2n) is 3.78. The van der Waals surface area contributed by atoms with Crippen LogP contribution in [0.1, 0.15) is 30.9 Å². The smallest absolute Gasteiger partial charge is 0.0580 e. The van der Waals surface area contributed by atoms with Crippen molar-refractivity contribution in [2.24, 2.45) is 0 Å². The molecule has 0 bridgehead atoms. The average Bonchev–Trinajstić information content (AvgIpc) is 2.01. The van der Waals surface area contributed by atoms with Gasteiger partial charge in [0.2, 0.25) is 0 Å². The summed E-state index contributed by atoms with van der Waals surface area (Å²) in [5, 5.41) is 10.4. The third-order valence-electron chi connectivity index (χ3n) is 2.20. The van der Waals surface area contributed by atoms with Crippen LogP contribution in [-0.2, 0) is 6.42 Å². The van der Waals surface area contributed by atoms with Crippen LogP contribution in [0.5, 0.6) is 0 Å². The van der Waals surface area contributed by atoms with E-state index in [1.54, 1.807) is 0 Å². The molecule has 0 aromatic heterocycles. The van der Waals surface area contributed by atoms with E-state index in [0.29, 0.717) is 6.42 Å². The van der Waals surface area contributed by atoms with E-state index in [0.717, 1.165) is 29.0 Å². The van der Waals surface area contributed by atoms with Gasteiger partial charge >= 0.3 is 0 Å². The normalized spacial score (nSPS) is 12.9. The molecule has 1 nitrogen and oxygen atoms in total. The predicted octanol–water partition coefficient (Wildman–Crippen LogP) is 3.35. The number of rotatable bonds is 4. The van der Waals surface area contributed by atoms with Crippen molar-refractivity contribution in [3.05, 3.63) is 34.3 Å². The summed E-state index contributed by atoms with van der Waals surface area (Å²) in [6, 6.07) is 5.93. The molecule has 0 spiro atoms. The highest BCUT2D eigenvalue weighted by atomic mass is 35.5. The highest BCUT2D eigenvalue weighted by Gasteiger charge is 2.05. The molecule has 1 N–H and O–H groups in total. The lowest BCUT2D eigenvalue weighted by molar-refractivity contribution is 0.164. The lowest BCUT2D eigenvalue weighted by Gasteiger charge is -2.10. The molecule has 0 aliphatic carbocycles. The maximum atomic E-state index is 9.64. The molecule has 0 radical (unpaired) electrons. The SMILES string of the molecule is CCCC(O)Cc1cc(C)cc(Cl)c1. The predicted molar refractivity (Wildman–Crippen MR) is 60.8 cm³/mol. The van der Waals surface area contributed by atoms with Crippen molar-refractivity contribution in [3.8, 4) is 0 Å². The molecule has 0 aliphatic rings. The highest BCUT2D eigenvalue weighted by molar-refractivity contribution is 6.30. The zero-order chi connectivity index (χ0) is 10.6. The van der Waals surface area contributed by atoms with Crippen molar-refractivity contribution >= 4 is 11.6 Å². The summed E-state index contributed by atoms with van der Waals surface area (Å²) in [6.07, 6.45) is 2.33. The van der Waals surface area contributed by atoms with Crippen LogP contribution in [0.15, 0.2) is 18.2 Å². The number of hydrogen-bond donors (Lipinski definition) is 1. The van der Waals surface area contributed by atoms with Crippen molar-refractivity contribution in [3.63, 3.8) is 0 Å². The zero-order valence-corrected chi connectivity index (χ0v) is 9.51. The molecule has 1 atom stereocenters. The van der Waals surface area contributed by atoms with Gasteiger partial charge in [-0.15, -0.1) is 0 Å². The van der Waals surface area contributed by atoms with Crippen molar-refractivity contribution in [1.29, 1.82) is 0 Å². The van der Waals surface area contributed by atoms with Gasteiger partial charge in [0.05, 0.1) is 6.10 Å². The van der Waals surface area contributed by atoms with Crippen LogP contribution in [0.3, 0.4) is 0 Å². The number of aryl methyl sites for hydroxylation is 1. The molecule has 0 saturated carbocycles. The standard InChI is InChI=1S/C12H17ClO/c1-3-4-12(14)8-10-5-9(2)6-11(13)7-10/h5-7,12,14H,3-4,8H2,1-2H3. The van der Waals surface area contributed by atoms with Crippen LogP contribution in [0.4, 0.5) is 0 Å².